The van der Waals surface area contributed by atoms with E-state index in [0.29, 0.717) is 40.3 Å². The van der Waals surface area contributed by atoms with Gasteiger partial charge in [-0.15, -0.1) is 0 Å². The molecule has 1 aliphatic heterocycles. The predicted molar refractivity (Wildman–Crippen MR) is 61.7 cm³/mol. The molecule has 0 atom stereocenters. The van der Waals surface area contributed by atoms with Gasteiger partial charge in [0.1, 0.15) is 5.75 Å². The van der Waals surface area contributed by atoms with E-state index < -0.39 is 0 Å². The van der Waals surface area contributed by atoms with Gasteiger partial charge in [0, 0.05) is 12.5 Å². The Balaban J connectivity index is 2.66. The Bertz CT molecular complexity index is 442. The van der Waals surface area contributed by atoms with Gasteiger partial charge in [0.2, 0.25) is 0 Å². The van der Waals surface area contributed by atoms with Gasteiger partial charge in [0.15, 0.2) is 17.3 Å². The number of fused-ring (bicyclic) bond motifs is 1. The van der Waals surface area contributed by atoms with Gasteiger partial charge >= 0.3 is 0 Å². The summed E-state index contributed by atoms with van der Waals surface area (Å²) in [6.45, 7) is 0.410. The topological polar surface area (TPSA) is 44.8 Å². The normalized spacial score (nSPS) is 14.1. The van der Waals surface area contributed by atoms with Crippen LogP contribution in [0.1, 0.15) is 16.8 Å². The van der Waals surface area contributed by atoms with Gasteiger partial charge in [0.25, 0.3) is 0 Å². The second-order valence-electron chi connectivity index (χ2n) is 3.32. The minimum Gasteiger partial charge on any atom is -0.493 e. The van der Waals surface area contributed by atoms with Crippen LogP contribution >= 0.6 is 15.9 Å². The Kier molecular flexibility index (Phi) is 3.05. The number of benzene rings is 1. The maximum Gasteiger partial charge on any atom is 0.175 e. The molecule has 4 nitrogen and oxygen atoms in total. The number of ketones is 1. The molecule has 0 bridgehead atoms. The van der Waals surface area contributed by atoms with Gasteiger partial charge < -0.3 is 14.2 Å². The minimum absolute atomic E-state index is 0.0501. The molecule has 16 heavy (non-hydrogen) atoms. The van der Waals surface area contributed by atoms with E-state index in [1.807, 2.05) is 0 Å². The maximum absolute atomic E-state index is 11.8. The fraction of sp³-hybridized carbons (Fsp3) is 0.364. The molecule has 0 saturated heterocycles. The first-order valence-electron chi connectivity index (χ1n) is 4.79. The highest BCUT2D eigenvalue weighted by Crippen LogP contribution is 2.44. The summed E-state index contributed by atoms with van der Waals surface area (Å²) in [6, 6.07) is 1.68. The van der Waals surface area contributed by atoms with Crippen LogP contribution in [0.15, 0.2) is 10.5 Å². The number of carbonyl (C=O) groups excluding carboxylic acids is 1. The summed E-state index contributed by atoms with van der Waals surface area (Å²) in [5.41, 5.74) is 0.531. The first-order chi connectivity index (χ1) is 7.69. The summed E-state index contributed by atoms with van der Waals surface area (Å²) in [7, 11) is 3.07. The molecule has 0 aromatic heterocycles. The van der Waals surface area contributed by atoms with Crippen molar-refractivity contribution in [2.24, 2.45) is 0 Å². The van der Waals surface area contributed by atoms with Crippen LogP contribution in [0.5, 0.6) is 17.2 Å². The standard InChI is InChI=1S/C11H11BrO4/c1-14-8-5-7-9(6(13)3-4-16-7)10(12)11(8)15-2/h5H,3-4H2,1-2H3. The summed E-state index contributed by atoms with van der Waals surface area (Å²) in [4.78, 5) is 11.8. The first-order valence-corrected chi connectivity index (χ1v) is 5.58. The van der Waals surface area contributed by atoms with Crippen molar-refractivity contribution in [3.63, 3.8) is 0 Å². The number of hydrogen-bond donors (Lipinski definition) is 0. The number of carbonyl (C=O) groups is 1. The van der Waals surface area contributed by atoms with Gasteiger partial charge in [0.05, 0.1) is 30.9 Å². The van der Waals surface area contributed by atoms with E-state index in [9.17, 15) is 4.79 Å². The van der Waals surface area contributed by atoms with Gasteiger partial charge in [-0.25, -0.2) is 0 Å². The van der Waals surface area contributed by atoms with Crippen LogP contribution in [-0.2, 0) is 0 Å². The van der Waals surface area contributed by atoms with Crippen LogP contribution < -0.4 is 14.2 Å². The largest absolute Gasteiger partial charge is 0.493 e. The molecule has 0 radical (unpaired) electrons. The van der Waals surface area contributed by atoms with E-state index in [0.717, 1.165) is 0 Å². The number of Topliss-reactive ketones (excluding diaryl/α,β-unsaturated/α-hetero) is 1. The highest BCUT2D eigenvalue weighted by atomic mass is 79.9. The SMILES string of the molecule is COc1cc2c(c(Br)c1OC)C(=O)CCO2. The molecule has 0 saturated carbocycles. The molecule has 86 valence electrons. The Hall–Kier alpha value is -1.23. The molecule has 0 spiro atoms. The Morgan fingerprint density at radius 3 is 2.75 bits per heavy atom. The van der Waals surface area contributed by atoms with Crippen LogP contribution in [0, 0.1) is 0 Å². The van der Waals surface area contributed by atoms with Crippen molar-refractivity contribution in [1.29, 1.82) is 0 Å². The fourth-order valence-electron chi connectivity index (χ4n) is 1.68. The summed E-state index contributed by atoms with van der Waals surface area (Å²) in [6.07, 6.45) is 0.390. The molecule has 0 amide bonds. The lowest BCUT2D eigenvalue weighted by Gasteiger charge is -2.20. The monoisotopic (exact) mass is 286 g/mol. The quantitative estimate of drug-likeness (QED) is 0.838. The summed E-state index contributed by atoms with van der Waals surface area (Å²) in [5, 5.41) is 0. The third-order valence-electron chi connectivity index (χ3n) is 2.44. The highest BCUT2D eigenvalue weighted by molar-refractivity contribution is 9.10. The lowest BCUT2D eigenvalue weighted by molar-refractivity contribution is 0.0931. The van der Waals surface area contributed by atoms with E-state index in [4.69, 9.17) is 14.2 Å². The Labute approximate surface area is 102 Å². The molecule has 0 aliphatic carbocycles. The molecule has 0 fully saturated rings. The molecular formula is C11H11BrO4. The lowest BCUT2D eigenvalue weighted by atomic mass is 10.0. The van der Waals surface area contributed by atoms with Crippen molar-refractivity contribution < 1.29 is 19.0 Å². The van der Waals surface area contributed by atoms with E-state index in [-0.39, 0.29) is 5.78 Å². The second-order valence-corrected chi connectivity index (χ2v) is 4.11. The van der Waals surface area contributed by atoms with Crippen molar-refractivity contribution in [3.8, 4) is 17.2 Å². The third-order valence-corrected chi connectivity index (χ3v) is 3.20. The molecule has 0 unspecified atom stereocenters. The van der Waals surface area contributed by atoms with Crippen molar-refractivity contribution in [2.75, 3.05) is 20.8 Å². The first kappa shape index (κ1) is 11.3. The van der Waals surface area contributed by atoms with Crippen molar-refractivity contribution in [3.05, 3.63) is 16.1 Å². The van der Waals surface area contributed by atoms with Gasteiger partial charge in [-0.05, 0) is 15.9 Å². The predicted octanol–water partition coefficient (Wildman–Crippen LogP) is 2.43. The average Bonchev–Trinajstić information content (AvgIpc) is 2.28. The van der Waals surface area contributed by atoms with E-state index in [1.165, 1.54) is 7.11 Å². The minimum atomic E-state index is 0.0501. The van der Waals surface area contributed by atoms with Crippen LogP contribution in [0.3, 0.4) is 0 Å². The lowest BCUT2D eigenvalue weighted by Crippen LogP contribution is -2.16. The zero-order chi connectivity index (χ0) is 11.7. The summed E-state index contributed by atoms with van der Waals surface area (Å²) >= 11 is 3.35. The van der Waals surface area contributed by atoms with Crippen molar-refractivity contribution >= 4 is 21.7 Å². The number of hydrogen-bond acceptors (Lipinski definition) is 4. The van der Waals surface area contributed by atoms with Crippen molar-refractivity contribution in [2.45, 2.75) is 6.42 Å². The van der Waals surface area contributed by atoms with Crippen LogP contribution in [0.4, 0.5) is 0 Å². The molecule has 5 heteroatoms. The molecule has 0 N–H and O–H groups in total. The molecule has 1 aromatic carbocycles. The Morgan fingerprint density at radius 2 is 2.12 bits per heavy atom. The Morgan fingerprint density at radius 1 is 1.38 bits per heavy atom. The summed E-state index contributed by atoms with van der Waals surface area (Å²) < 4.78 is 16.4. The van der Waals surface area contributed by atoms with Crippen LogP contribution in [0.25, 0.3) is 0 Å². The number of methoxy groups -OCH3 is 2. The number of rotatable bonds is 2. The molecule has 1 aromatic rings. The molecular weight excluding hydrogens is 276 g/mol. The van der Waals surface area contributed by atoms with Crippen LogP contribution in [0.2, 0.25) is 0 Å². The van der Waals surface area contributed by atoms with Crippen LogP contribution in [-0.4, -0.2) is 26.6 Å². The second kappa shape index (κ2) is 4.33. The number of ether oxygens (including phenoxy) is 3. The van der Waals surface area contributed by atoms with E-state index in [1.54, 1.807) is 13.2 Å². The molecule has 1 aliphatic rings. The summed E-state index contributed by atoms with van der Waals surface area (Å²) in [5.74, 6) is 1.65. The number of halogens is 1. The maximum atomic E-state index is 11.8. The highest BCUT2D eigenvalue weighted by Gasteiger charge is 2.26. The molecule has 1 heterocycles. The zero-order valence-electron chi connectivity index (χ0n) is 9.00. The van der Waals surface area contributed by atoms with Crippen molar-refractivity contribution in [1.82, 2.24) is 0 Å². The average molecular weight is 287 g/mol. The van der Waals surface area contributed by atoms with Gasteiger partial charge in [-0.3, -0.25) is 4.79 Å². The van der Waals surface area contributed by atoms with E-state index >= 15 is 0 Å². The fourth-order valence-corrected chi connectivity index (χ4v) is 2.45. The zero-order valence-corrected chi connectivity index (χ0v) is 10.6. The van der Waals surface area contributed by atoms with E-state index in [2.05, 4.69) is 15.9 Å². The third kappa shape index (κ3) is 1.65. The van der Waals surface area contributed by atoms with Gasteiger partial charge in [-0.2, -0.15) is 0 Å². The van der Waals surface area contributed by atoms with Gasteiger partial charge in [-0.1, -0.05) is 0 Å². The smallest absolute Gasteiger partial charge is 0.175 e. The molecule has 2 rings (SSSR count).